The van der Waals surface area contributed by atoms with Crippen LogP contribution in [-0.2, 0) is 7.05 Å². The molecule has 0 aliphatic heterocycles. The van der Waals surface area contributed by atoms with Crippen molar-refractivity contribution in [2.45, 2.75) is 17.3 Å². The van der Waals surface area contributed by atoms with Gasteiger partial charge in [-0.2, -0.15) is 0 Å². The molecule has 1 atom stereocenters. The van der Waals surface area contributed by atoms with Gasteiger partial charge < -0.3 is 9.30 Å². The average Bonchev–Trinajstić information content (AvgIpc) is 3.02. The highest BCUT2D eigenvalue weighted by Crippen LogP contribution is 2.27. The second-order valence-corrected chi connectivity index (χ2v) is 7.03. The topological polar surface area (TPSA) is 57.0 Å². The highest BCUT2D eigenvalue weighted by Gasteiger charge is 2.20. The number of benzene rings is 2. The molecule has 134 valence electrons. The number of aromatic nitrogens is 3. The van der Waals surface area contributed by atoms with Gasteiger partial charge in [-0.25, -0.2) is 4.39 Å². The number of nitrogens with zero attached hydrogens (tertiary/aromatic N) is 3. The number of Topliss-reactive ketones (excluding diaryl/α,β-unsaturated/α-hetero) is 1. The summed E-state index contributed by atoms with van der Waals surface area (Å²) in [6, 6.07) is 13.1. The maximum atomic E-state index is 13.1. The Labute approximate surface area is 155 Å². The van der Waals surface area contributed by atoms with E-state index in [0.717, 1.165) is 5.56 Å². The average molecular weight is 371 g/mol. The second-order valence-electron chi connectivity index (χ2n) is 5.72. The number of hydrogen-bond acceptors (Lipinski definition) is 5. The highest BCUT2D eigenvalue weighted by molar-refractivity contribution is 8.00. The van der Waals surface area contributed by atoms with Crippen LogP contribution >= 0.6 is 11.8 Å². The molecule has 0 aliphatic carbocycles. The van der Waals surface area contributed by atoms with E-state index in [4.69, 9.17) is 4.74 Å². The predicted molar refractivity (Wildman–Crippen MR) is 99.0 cm³/mol. The number of hydrogen-bond donors (Lipinski definition) is 0. The second kappa shape index (κ2) is 7.70. The molecule has 0 saturated carbocycles. The molecule has 1 heterocycles. The van der Waals surface area contributed by atoms with E-state index in [9.17, 15) is 9.18 Å². The summed E-state index contributed by atoms with van der Waals surface area (Å²) < 4.78 is 20.0. The van der Waals surface area contributed by atoms with Crippen molar-refractivity contribution in [2.24, 2.45) is 7.05 Å². The maximum absolute atomic E-state index is 13.1. The molecule has 0 bridgehead atoms. The van der Waals surface area contributed by atoms with Crippen molar-refractivity contribution in [1.82, 2.24) is 14.8 Å². The molecular weight excluding hydrogens is 353 g/mol. The fourth-order valence-corrected chi connectivity index (χ4v) is 3.36. The van der Waals surface area contributed by atoms with E-state index in [2.05, 4.69) is 10.2 Å². The Morgan fingerprint density at radius 1 is 1.12 bits per heavy atom. The lowest BCUT2D eigenvalue weighted by atomic mass is 10.1. The molecule has 1 aromatic heterocycles. The third-order valence-corrected chi connectivity index (χ3v) is 5.10. The molecule has 7 heteroatoms. The molecule has 2 aromatic carbocycles. The minimum absolute atomic E-state index is 0.00369. The van der Waals surface area contributed by atoms with E-state index in [1.54, 1.807) is 48.1 Å². The van der Waals surface area contributed by atoms with Gasteiger partial charge in [-0.1, -0.05) is 11.8 Å². The molecule has 0 fully saturated rings. The van der Waals surface area contributed by atoms with Crippen molar-refractivity contribution in [3.05, 3.63) is 59.9 Å². The molecule has 0 amide bonds. The van der Waals surface area contributed by atoms with Crippen molar-refractivity contribution in [3.8, 4) is 17.1 Å². The van der Waals surface area contributed by atoms with Crippen LogP contribution in [0, 0.1) is 5.82 Å². The molecule has 0 saturated heterocycles. The zero-order valence-electron chi connectivity index (χ0n) is 14.6. The molecule has 0 spiro atoms. The lowest BCUT2D eigenvalue weighted by Crippen LogP contribution is -2.14. The predicted octanol–water partition coefficient (Wildman–Crippen LogP) is 3.99. The number of ketones is 1. The molecule has 26 heavy (non-hydrogen) atoms. The smallest absolute Gasteiger partial charge is 0.191 e. The summed E-state index contributed by atoms with van der Waals surface area (Å²) in [6.07, 6.45) is 0. The molecule has 5 nitrogen and oxygen atoms in total. The third-order valence-electron chi connectivity index (χ3n) is 3.96. The van der Waals surface area contributed by atoms with Crippen molar-refractivity contribution >= 4 is 17.5 Å². The van der Waals surface area contributed by atoms with Crippen LogP contribution < -0.4 is 4.74 Å². The molecule has 0 N–H and O–H groups in total. The summed E-state index contributed by atoms with van der Waals surface area (Å²) >= 11 is 1.34. The highest BCUT2D eigenvalue weighted by atomic mass is 32.2. The lowest BCUT2D eigenvalue weighted by molar-refractivity contribution is 0.0994. The Morgan fingerprint density at radius 3 is 2.38 bits per heavy atom. The summed E-state index contributed by atoms with van der Waals surface area (Å²) in [5, 5.41) is 8.63. The zero-order valence-corrected chi connectivity index (χ0v) is 15.5. The largest absolute Gasteiger partial charge is 0.497 e. The first kappa shape index (κ1) is 18.1. The number of thioether (sulfide) groups is 1. The van der Waals surface area contributed by atoms with Gasteiger partial charge in [0.15, 0.2) is 16.8 Å². The first-order valence-corrected chi connectivity index (χ1v) is 8.88. The van der Waals surface area contributed by atoms with Gasteiger partial charge in [-0.3, -0.25) is 4.79 Å². The summed E-state index contributed by atoms with van der Waals surface area (Å²) in [6.45, 7) is 1.84. The van der Waals surface area contributed by atoms with Crippen LogP contribution in [0.15, 0.2) is 53.7 Å². The summed E-state index contributed by atoms with van der Waals surface area (Å²) in [4.78, 5) is 12.6. The van der Waals surface area contributed by atoms with Gasteiger partial charge in [0.2, 0.25) is 0 Å². The van der Waals surface area contributed by atoms with E-state index < -0.39 is 0 Å². The standard InChI is InChI=1S/C19H18FN3O2S/c1-12(17(24)13-6-10-16(25-3)11-7-13)26-19-22-21-18(23(19)2)14-4-8-15(20)9-5-14/h4-12H,1-3H3/t12-/m0/s1. The number of carbonyl (C=O) groups excluding carboxylic acids is 1. The number of ether oxygens (including phenoxy) is 1. The fraction of sp³-hybridized carbons (Fsp3) is 0.211. The Morgan fingerprint density at radius 2 is 1.77 bits per heavy atom. The Kier molecular flexibility index (Phi) is 5.37. The minimum Gasteiger partial charge on any atom is -0.497 e. The SMILES string of the molecule is COc1ccc(C(=O)[C@H](C)Sc2nnc(-c3ccc(F)cc3)n2C)cc1. The lowest BCUT2D eigenvalue weighted by Gasteiger charge is -2.10. The van der Waals surface area contributed by atoms with Gasteiger partial charge in [0.25, 0.3) is 0 Å². The fourth-order valence-electron chi connectivity index (χ4n) is 2.47. The first-order valence-electron chi connectivity index (χ1n) is 8.00. The number of methoxy groups -OCH3 is 1. The number of halogens is 1. The first-order chi connectivity index (χ1) is 12.5. The van der Waals surface area contributed by atoms with Crippen LogP contribution in [0.1, 0.15) is 17.3 Å². The third kappa shape index (κ3) is 3.77. The Hall–Kier alpha value is -2.67. The van der Waals surface area contributed by atoms with Gasteiger partial charge in [0.1, 0.15) is 11.6 Å². The van der Waals surface area contributed by atoms with Crippen molar-refractivity contribution in [1.29, 1.82) is 0 Å². The van der Waals surface area contributed by atoms with Gasteiger partial charge >= 0.3 is 0 Å². The summed E-state index contributed by atoms with van der Waals surface area (Å²) in [7, 11) is 3.41. The van der Waals surface area contributed by atoms with Crippen molar-refractivity contribution in [2.75, 3.05) is 7.11 Å². The number of rotatable bonds is 6. The van der Waals surface area contributed by atoms with Crippen LogP contribution in [0.25, 0.3) is 11.4 Å². The number of carbonyl (C=O) groups is 1. The Balaban J connectivity index is 1.75. The molecule has 3 aromatic rings. The van der Waals surface area contributed by atoms with Crippen molar-refractivity contribution in [3.63, 3.8) is 0 Å². The summed E-state index contributed by atoms with van der Waals surface area (Å²) in [5.41, 5.74) is 1.38. The minimum atomic E-state index is -0.327. The van der Waals surface area contributed by atoms with Crippen LogP contribution in [0.3, 0.4) is 0 Å². The molecule has 0 aliphatic rings. The monoisotopic (exact) mass is 371 g/mol. The van der Waals surface area contributed by atoms with Crippen LogP contribution in [-0.4, -0.2) is 32.9 Å². The quantitative estimate of drug-likeness (QED) is 0.484. The van der Waals surface area contributed by atoms with Gasteiger partial charge in [-0.15, -0.1) is 10.2 Å². The van der Waals surface area contributed by atoms with Crippen molar-refractivity contribution < 1.29 is 13.9 Å². The normalized spacial score (nSPS) is 12.0. The molecular formula is C19H18FN3O2S. The summed E-state index contributed by atoms with van der Waals surface area (Å²) in [5.74, 6) is 1.03. The van der Waals surface area contributed by atoms with Gasteiger partial charge in [0, 0.05) is 18.2 Å². The maximum Gasteiger partial charge on any atom is 0.191 e. The van der Waals surface area contributed by atoms with Crippen LogP contribution in [0.4, 0.5) is 4.39 Å². The van der Waals surface area contributed by atoms with E-state index in [0.29, 0.717) is 22.3 Å². The zero-order chi connectivity index (χ0) is 18.7. The molecule has 3 rings (SSSR count). The van der Waals surface area contributed by atoms with Gasteiger partial charge in [-0.05, 0) is 55.5 Å². The van der Waals surface area contributed by atoms with E-state index in [1.165, 1.54) is 23.9 Å². The Bertz CT molecular complexity index is 908. The van der Waals surface area contributed by atoms with Crippen LogP contribution in [0.5, 0.6) is 5.75 Å². The molecule has 0 unspecified atom stereocenters. The van der Waals surface area contributed by atoms with Crippen LogP contribution in [0.2, 0.25) is 0 Å². The van der Waals surface area contributed by atoms with E-state index in [1.807, 2.05) is 14.0 Å². The van der Waals surface area contributed by atoms with E-state index in [-0.39, 0.29) is 16.9 Å². The molecule has 0 radical (unpaired) electrons. The van der Waals surface area contributed by atoms with Gasteiger partial charge in [0.05, 0.1) is 12.4 Å². The van der Waals surface area contributed by atoms with E-state index >= 15 is 0 Å².